The summed E-state index contributed by atoms with van der Waals surface area (Å²) in [6, 6.07) is 17.2. The van der Waals surface area contributed by atoms with Gasteiger partial charge < -0.3 is 9.67 Å². The lowest BCUT2D eigenvalue weighted by Gasteiger charge is -2.24. The number of aromatic amines is 1. The molecule has 0 radical (unpaired) electrons. The van der Waals surface area contributed by atoms with E-state index < -0.39 is 5.60 Å². The number of benzene rings is 2. The van der Waals surface area contributed by atoms with E-state index in [1.807, 2.05) is 31.2 Å². The quantitative estimate of drug-likeness (QED) is 0.324. The van der Waals surface area contributed by atoms with Crippen molar-refractivity contribution in [1.29, 1.82) is 0 Å². The van der Waals surface area contributed by atoms with Crippen molar-refractivity contribution in [3.05, 3.63) is 76.7 Å². The molecule has 0 aliphatic heterocycles. The van der Waals surface area contributed by atoms with Crippen molar-refractivity contribution in [3.8, 4) is 22.5 Å². The first-order chi connectivity index (χ1) is 18.5. The molecule has 2 aromatic carbocycles. The number of hydrogen-bond acceptors (Lipinski definition) is 6. The van der Waals surface area contributed by atoms with E-state index in [9.17, 15) is 5.11 Å². The monoisotopic (exact) mass is 505 g/mol. The van der Waals surface area contributed by atoms with Crippen molar-refractivity contribution in [3.63, 3.8) is 0 Å². The van der Waals surface area contributed by atoms with Gasteiger partial charge in [0.1, 0.15) is 16.9 Å². The first-order valence-electron chi connectivity index (χ1n) is 13.5. The van der Waals surface area contributed by atoms with E-state index in [1.54, 1.807) is 0 Å². The normalized spacial score (nSPS) is 18.6. The molecule has 2 N–H and O–H groups in total. The van der Waals surface area contributed by atoms with E-state index in [-0.39, 0.29) is 12.0 Å². The molecule has 3 aromatic heterocycles. The van der Waals surface area contributed by atoms with Gasteiger partial charge in [-0.25, -0.2) is 15.1 Å². The molecule has 2 atom stereocenters. The van der Waals surface area contributed by atoms with Crippen LogP contribution in [0.4, 0.5) is 0 Å². The zero-order valence-electron chi connectivity index (χ0n) is 21.9. The van der Waals surface area contributed by atoms with E-state index in [2.05, 4.69) is 63.3 Å². The second kappa shape index (κ2) is 8.56. The van der Waals surface area contributed by atoms with Gasteiger partial charge in [-0.05, 0) is 89.8 Å². The average molecular weight is 506 g/mol. The molecule has 0 bridgehead atoms. The number of rotatable bonds is 6. The van der Waals surface area contributed by atoms with E-state index >= 15 is 0 Å². The van der Waals surface area contributed by atoms with Crippen LogP contribution in [0.3, 0.4) is 0 Å². The van der Waals surface area contributed by atoms with Crippen molar-refractivity contribution >= 4 is 11.2 Å². The van der Waals surface area contributed by atoms with Gasteiger partial charge in [-0.3, -0.25) is 0 Å². The van der Waals surface area contributed by atoms with Crippen LogP contribution in [0.5, 0.6) is 0 Å². The first kappa shape index (κ1) is 23.2. The predicted octanol–water partition coefficient (Wildman–Crippen LogP) is 5.30. The van der Waals surface area contributed by atoms with Crippen LogP contribution in [0.15, 0.2) is 48.5 Å². The maximum absolute atomic E-state index is 11.3. The van der Waals surface area contributed by atoms with Gasteiger partial charge in [-0.1, -0.05) is 49.4 Å². The highest BCUT2D eigenvalue weighted by molar-refractivity contribution is 5.81. The second-order valence-corrected chi connectivity index (χ2v) is 10.9. The summed E-state index contributed by atoms with van der Waals surface area (Å²) in [6.07, 6.45) is 4.92. The SMILES string of the molecule is CCc1nc2c(C)cc(C(C)(O)C3CC3)nc2n1[C@H]1CCc2cc(-c3ccccc3-c3nnn[nH]3)ccc21. The molecule has 8 nitrogen and oxygen atoms in total. The number of aromatic nitrogens is 7. The number of tetrazole rings is 1. The largest absolute Gasteiger partial charge is 0.384 e. The number of pyridine rings is 1. The smallest absolute Gasteiger partial charge is 0.180 e. The highest BCUT2D eigenvalue weighted by Gasteiger charge is 2.43. The Morgan fingerprint density at radius 3 is 2.61 bits per heavy atom. The van der Waals surface area contributed by atoms with Crippen LogP contribution in [0, 0.1) is 12.8 Å². The molecule has 3 heterocycles. The number of nitrogens with one attached hydrogen (secondary N) is 1. The van der Waals surface area contributed by atoms with Crippen molar-refractivity contribution in [2.75, 3.05) is 0 Å². The highest BCUT2D eigenvalue weighted by atomic mass is 16.3. The standard InChI is InChI=1S/C30H31N7O/c1-4-26-32-27-17(2)15-25(30(3,38)20-11-12-20)31-29(27)37(26)24-14-10-19-16-18(9-13-22(19)24)21-7-5-6-8-23(21)28-33-35-36-34-28/h5-9,13,15-16,20,24,38H,4,10-12,14H2,1-3H3,(H,33,34,35,36)/t24-,30?/m0/s1. The van der Waals surface area contributed by atoms with Crippen LogP contribution >= 0.6 is 0 Å². The van der Waals surface area contributed by atoms with Gasteiger partial charge in [0.25, 0.3) is 0 Å². The highest BCUT2D eigenvalue weighted by Crippen LogP contribution is 2.46. The van der Waals surface area contributed by atoms with Crippen LogP contribution in [-0.2, 0) is 18.4 Å². The maximum Gasteiger partial charge on any atom is 0.180 e. The number of aryl methyl sites for hydroxylation is 3. The zero-order chi connectivity index (χ0) is 26.0. The van der Waals surface area contributed by atoms with Crippen LogP contribution in [-0.4, -0.2) is 40.3 Å². The molecule has 1 saturated carbocycles. The summed E-state index contributed by atoms with van der Waals surface area (Å²) in [6.45, 7) is 6.16. The van der Waals surface area contributed by atoms with Crippen LogP contribution < -0.4 is 0 Å². The fraction of sp³-hybridized carbons (Fsp3) is 0.367. The molecular weight excluding hydrogens is 474 g/mol. The Kier molecular flexibility index (Phi) is 5.23. The van der Waals surface area contributed by atoms with Gasteiger partial charge in [0.15, 0.2) is 11.5 Å². The zero-order valence-corrected chi connectivity index (χ0v) is 21.9. The third kappa shape index (κ3) is 3.58. The maximum atomic E-state index is 11.3. The Hall–Kier alpha value is -3.91. The van der Waals surface area contributed by atoms with Crippen molar-refractivity contribution < 1.29 is 5.11 Å². The molecule has 7 rings (SSSR count). The van der Waals surface area contributed by atoms with Gasteiger partial charge in [-0.15, -0.1) is 5.10 Å². The molecule has 8 heteroatoms. The van der Waals surface area contributed by atoms with E-state index in [4.69, 9.17) is 9.97 Å². The van der Waals surface area contributed by atoms with Gasteiger partial charge in [0.05, 0.1) is 11.7 Å². The number of H-pyrrole nitrogens is 1. The fourth-order valence-corrected chi connectivity index (χ4v) is 6.20. The van der Waals surface area contributed by atoms with Crippen molar-refractivity contribution in [1.82, 2.24) is 35.2 Å². The molecule has 1 unspecified atom stereocenters. The molecular formula is C30H31N7O. The number of hydrogen-bond donors (Lipinski definition) is 2. The summed E-state index contributed by atoms with van der Waals surface area (Å²) in [4.78, 5) is 10.1. The lowest BCUT2D eigenvalue weighted by molar-refractivity contribution is 0.0288. The lowest BCUT2D eigenvalue weighted by atomic mass is 9.94. The summed E-state index contributed by atoms with van der Waals surface area (Å²) in [7, 11) is 0. The summed E-state index contributed by atoms with van der Waals surface area (Å²) < 4.78 is 2.34. The van der Waals surface area contributed by atoms with Gasteiger partial charge in [0.2, 0.25) is 0 Å². The first-order valence-corrected chi connectivity index (χ1v) is 13.5. The lowest BCUT2D eigenvalue weighted by Crippen LogP contribution is -2.26. The summed E-state index contributed by atoms with van der Waals surface area (Å²) in [5.41, 5.74) is 8.67. The van der Waals surface area contributed by atoms with E-state index in [0.29, 0.717) is 5.82 Å². The Morgan fingerprint density at radius 1 is 1.05 bits per heavy atom. The molecule has 2 aliphatic rings. The Labute approximate surface area is 221 Å². The van der Waals surface area contributed by atoms with Crippen LogP contribution in [0.2, 0.25) is 0 Å². The number of fused-ring (bicyclic) bond motifs is 2. The number of aliphatic hydroxyl groups is 1. The predicted molar refractivity (Wildman–Crippen MR) is 145 cm³/mol. The number of imidazole rings is 1. The number of nitrogens with zero attached hydrogens (tertiary/aromatic N) is 6. The third-order valence-corrected chi connectivity index (χ3v) is 8.46. The summed E-state index contributed by atoms with van der Waals surface area (Å²) >= 11 is 0. The molecule has 0 amide bonds. The molecule has 192 valence electrons. The molecule has 38 heavy (non-hydrogen) atoms. The molecule has 5 aromatic rings. The third-order valence-electron chi connectivity index (χ3n) is 8.46. The summed E-state index contributed by atoms with van der Waals surface area (Å²) in [5.74, 6) is 2.00. The Morgan fingerprint density at radius 2 is 1.87 bits per heavy atom. The Balaban J connectivity index is 1.33. The van der Waals surface area contributed by atoms with E-state index in [1.165, 1.54) is 11.1 Å². The van der Waals surface area contributed by atoms with Gasteiger partial charge in [-0.2, -0.15) is 0 Å². The molecule has 2 aliphatic carbocycles. The average Bonchev–Trinajstić information content (AvgIpc) is 3.33. The molecule has 0 saturated heterocycles. The second-order valence-electron chi connectivity index (χ2n) is 10.9. The van der Waals surface area contributed by atoms with Gasteiger partial charge >= 0.3 is 0 Å². The molecule has 0 spiro atoms. The Bertz CT molecular complexity index is 1660. The minimum absolute atomic E-state index is 0.167. The minimum atomic E-state index is -0.907. The summed E-state index contributed by atoms with van der Waals surface area (Å²) in [5, 5.41) is 25.9. The van der Waals surface area contributed by atoms with Gasteiger partial charge in [0, 0.05) is 12.0 Å². The topological polar surface area (TPSA) is 105 Å². The van der Waals surface area contributed by atoms with Crippen LogP contribution in [0.25, 0.3) is 33.7 Å². The van der Waals surface area contributed by atoms with Crippen LogP contribution in [0.1, 0.15) is 67.4 Å². The van der Waals surface area contributed by atoms with Crippen molar-refractivity contribution in [2.45, 2.75) is 64.5 Å². The fourth-order valence-electron chi connectivity index (χ4n) is 6.20. The minimum Gasteiger partial charge on any atom is -0.384 e. The van der Waals surface area contributed by atoms with Crippen molar-refractivity contribution in [2.24, 2.45) is 5.92 Å². The molecule has 1 fully saturated rings. The van der Waals surface area contributed by atoms with E-state index in [0.717, 1.165) is 77.0 Å².